The van der Waals surface area contributed by atoms with Crippen molar-refractivity contribution >= 4 is 11.6 Å². The van der Waals surface area contributed by atoms with Gasteiger partial charge in [0.1, 0.15) is 0 Å². The van der Waals surface area contributed by atoms with Crippen LogP contribution in [0.5, 0.6) is 0 Å². The highest BCUT2D eigenvalue weighted by molar-refractivity contribution is 6.30. The van der Waals surface area contributed by atoms with Crippen molar-refractivity contribution in [3.8, 4) is 0 Å². The second-order valence-corrected chi connectivity index (χ2v) is 6.80. The maximum absolute atomic E-state index is 6.14. The molecule has 0 heterocycles. The van der Waals surface area contributed by atoms with Crippen LogP contribution in [0.4, 0.5) is 0 Å². The van der Waals surface area contributed by atoms with E-state index in [4.69, 9.17) is 11.6 Å². The Morgan fingerprint density at radius 2 is 2.17 bits per heavy atom. The van der Waals surface area contributed by atoms with Crippen LogP contribution in [-0.4, -0.2) is 6.54 Å². The lowest BCUT2D eigenvalue weighted by Gasteiger charge is -2.29. The van der Waals surface area contributed by atoms with Crippen LogP contribution in [0.25, 0.3) is 0 Å². The maximum Gasteiger partial charge on any atom is 0.0409 e. The average molecular weight is 266 g/mol. The molecule has 0 radical (unpaired) electrons. The van der Waals surface area contributed by atoms with Gasteiger partial charge < -0.3 is 5.32 Å². The van der Waals surface area contributed by atoms with Gasteiger partial charge in [-0.3, -0.25) is 0 Å². The summed E-state index contributed by atoms with van der Waals surface area (Å²) in [4.78, 5) is 0. The summed E-state index contributed by atoms with van der Waals surface area (Å²) in [5, 5.41) is 4.60. The number of rotatable bonds is 4. The molecule has 0 fully saturated rings. The highest BCUT2D eigenvalue weighted by atomic mass is 35.5. The number of nitrogens with one attached hydrogen (secondary N) is 1. The third kappa shape index (κ3) is 2.73. The first kappa shape index (κ1) is 13.9. The van der Waals surface area contributed by atoms with Gasteiger partial charge >= 0.3 is 0 Å². The van der Waals surface area contributed by atoms with Gasteiger partial charge in [-0.1, -0.05) is 51.8 Å². The molecule has 0 saturated carbocycles. The van der Waals surface area contributed by atoms with Crippen LogP contribution in [0.1, 0.15) is 51.3 Å². The van der Waals surface area contributed by atoms with Crippen LogP contribution in [-0.2, 0) is 6.42 Å². The third-order valence-corrected chi connectivity index (χ3v) is 4.45. The van der Waals surface area contributed by atoms with E-state index >= 15 is 0 Å². The Bertz CT molecular complexity index is 425. The fourth-order valence-corrected chi connectivity index (χ4v) is 3.04. The highest BCUT2D eigenvalue weighted by Gasteiger charge is 2.38. The molecule has 0 aliphatic heterocycles. The van der Waals surface area contributed by atoms with Gasteiger partial charge in [0.15, 0.2) is 0 Å². The first-order valence-electron chi connectivity index (χ1n) is 6.95. The monoisotopic (exact) mass is 265 g/mol. The molecule has 0 bridgehead atoms. The minimum absolute atomic E-state index is 0.278. The fraction of sp³-hybridized carbons (Fsp3) is 0.625. The molecule has 1 aromatic rings. The van der Waals surface area contributed by atoms with Crippen LogP contribution in [0, 0.1) is 11.3 Å². The van der Waals surface area contributed by atoms with E-state index in [1.54, 1.807) is 0 Å². The Hall–Kier alpha value is -0.530. The summed E-state index contributed by atoms with van der Waals surface area (Å²) in [5.74, 6) is 0.726. The van der Waals surface area contributed by atoms with Gasteiger partial charge in [-0.15, -0.1) is 0 Å². The molecule has 1 nitrogen and oxygen atoms in total. The van der Waals surface area contributed by atoms with E-state index in [0.717, 1.165) is 23.9 Å². The van der Waals surface area contributed by atoms with Crippen molar-refractivity contribution in [1.82, 2.24) is 5.32 Å². The van der Waals surface area contributed by atoms with E-state index in [9.17, 15) is 0 Å². The average Bonchev–Trinajstić information content (AvgIpc) is 2.56. The quantitative estimate of drug-likeness (QED) is 0.839. The van der Waals surface area contributed by atoms with E-state index < -0.39 is 0 Å². The molecule has 1 aliphatic carbocycles. The molecule has 100 valence electrons. The maximum atomic E-state index is 6.14. The van der Waals surface area contributed by atoms with Crippen molar-refractivity contribution < 1.29 is 0 Å². The predicted octanol–water partition coefficient (Wildman–Crippen LogP) is 4.60. The number of benzene rings is 1. The van der Waals surface area contributed by atoms with Gasteiger partial charge in [0.05, 0.1) is 0 Å². The molecule has 1 aliphatic rings. The first-order valence-corrected chi connectivity index (χ1v) is 7.33. The Morgan fingerprint density at radius 3 is 2.83 bits per heavy atom. The molecule has 2 atom stereocenters. The first-order chi connectivity index (χ1) is 8.44. The van der Waals surface area contributed by atoms with Crippen LogP contribution in [0.15, 0.2) is 18.2 Å². The molecule has 0 spiro atoms. The molecule has 0 amide bonds. The minimum Gasteiger partial charge on any atom is -0.309 e. The molecule has 2 rings (SSSR count). The molecule has 0 aromatic heterocycles. The topological polar surface area (TPSA) is 12.0 Å². The van der Waals surface area contributed by atoms with Crippen LogP contribution in [0.3, 0.4) is 0 Å². The van der Waals surface area contributed by atoms with Crippen molar-refractivity contribution in [2.24, 2.45) is 11.3 Å². The smallest absolute Gasteiger partial charge is 0.0409 e. The number of hydrogen-bond acceptors (Lipinski definition) is 1. The summed E-state index contributed by atoms with van der Waals surface area (Å²) in [6.45, 7) is 10.3. The van der Waals surface area contributed by atoms with Crippen molar-refractivity contribution in [1.29, 1.82) is 0 Å². The molecule has 1 N–H and O–H groups in total. The highest BCUT2D eigenvalue weighted by Crippen LogP contribution is 2.45. The standard InChI is InChI=1S/C16H24ClN/c1-5-11(2)10-18-15-14-8-13(17)7-6-12(14)9-16(15,3)4/h6-8,11,15,18H,5,9-10H2,1-4H3. The van der Waals surface area contributed by atoms with Crippen molar-refractivity contribution in [3.05, 3.63) is 34.3 Å². The van der Waals surface area contributed by atoms with Gasteiger partial charge in [-0.25, -0.2) is 0 Å². The van der Waals surface area contributed by atoms with E-state index in [0.29, 0.717) is 6.04 Å². The summed E-state index contributed by atoms with van der Waals surface area (Å²) in [5.41, 5.74) is 3.13. The minimum atomic E-state index is 0.278. The molecule has 2 heteroatoms. The van der Waals surface area contributed by atoms with E-state index in [2.05, 4.69) is 45.1 Å². The zero-order chi connectivity index (χ0) is 13.3. The summed E-state index contributed by atoms with van der Waals surface area (Å²) in [7, 11) is 0. The summed E-state index contributed by atoms with van der Waals surface area (Å²) in [6, 6.07) is 6.76. The molecular weight excluding hydrogens is 242 g/mol. The Balaban J connectivity index is 2.20. The summed E-state index contributed by atoms with van der Waals surface area (Å²) >= 11 is 6.14. The summed E-state index contributed by atoms with van der Waals surface area (Å²) in [6.07, 6.45) is 2.36. The lowest BCUT2D eigenvalue weighted by molar-refractivity contribution is 0.259. The van der Waals surface area contributed by atoms with Gasteiger partial charge in [0.25, 0.3) is 0 Å². The SMILES string of the molecule is CCC(C)CNC1c2cc(Cl)ccc2CC1(C)C. The predicted molar refractivity (Wildman–Crippen MR) is 79.1 cm³/mol. The van der Waals surface area contributed by atoms with Crippen molar-refractivity contribution in [2.75, 3.05) is 6.54 Å². The number of halogens is 1. The zero-order valence-electron chi connectivity index (χ0n) is 11.9. The largest absolute Gasteiger partial charge is 0.309 e. The van der Waals surface area contributed by atoms with Crippen LogP contribution >= 0.6 is 11.6 Å². The van der Waals surface area contributed by atoms with E-state index in [-0.39, 0.29) is 5.41 Å². The van der Waals surface area contributed by atoms with Crippen molar-refractivity contribution in [3.63, 3.8) is 0 Å². The lowest BCUT2D eigenvalue weighted by Crippen LogP contribution is -2.33. The molecule has 2 unspecified atom stereocenters. The van der Waals surface area contributed by atoms with E-state index in [1.807, 2.05) is 6.07 Å². The third-order valence-electron chi connectivity index (χ3n) is 4.21. The second kappa shape index (κ2) is 5.22. The molecule has 0 saturated heterocycles. The normalized spacial score (nSPS) is 22.8. The van der Waals surface area contributed by atoms with Crippen molar-refractivity contribution in [2.45, 2.75) is 46.6 Å². The fourth-order valence-electron chi connectivity index (χ4n) is 2.86. The number of hydrogen-bond donors (Lipinski definition) is 1. The Labute approximate surface area is 116 Å². The second-order valence-electron chi connectivity index (χ2n) is 6.36. The van der Waals surface area contributed by atoms with Crippen LogP contribution < -0.4 is 5.32 Å². The van der Waals surface area contributed by atoms with Gasteiger partial charge in [-0.05, 0) is 47.6 Å². The van der Waals surface area contributed by atoms with Gasteiger partial charge in [0.2, 0.25) is 0 Å². The Morgan fingerprint density at radius 1 is 1.44 bits per heavy atom. The van der Waals surface area contributed by atoms with Crippen LogP contribution in [0.2, 0.25) is 5.02 Å². The number of fused-ring (bicyclic) bond motifs is 1. The van der Waals surface area contributed by atoms with Gasteiger partial charge in [0, 0.05) is 11.1 Å². The molecule has 1 aromatic carbocycles. The van der Waals surface area contributed by atoms with Gasteiger partial charge in [-0.2, -0.15) is 0 Å². The van der Waals surface area contributed by atoms with E-state index in [1.165, 1.54) is 17.5 Å². The summed E-state index contributed by atoms with van der Waals surface area (Å²) < 4.78 is 0. The Kier molecular flexibility index (Phi) is 4.03. The zero-order valence-corrected chi connectivity index (χ0v) is 12.6. The molecular formula is C16H24ClN. The lowest BCUT2D eigenvalue weighted by atomic mass is 9.85. The molecule has 18 heavy (non-hydrogen) atoms.